The third-order valence-corrected chi connectivity index (χ3v) is 3.68. The SMILES string of the molecule is CCN(CC)CCCN(CC)Cc1ccccc1O. The molecule has 108 valence electrons. The average molecular weight is 264 g/mol. The van der Waals surface area contributed by atoms with Gasteiger partial charge in [0.2, 0.25) is 0 Å². The predicted molar refractivity (Wildman–Crippen MR) is 81.5 cm³/mol. The summed E-state index contributed by atoms with van der Waals surface area (Å²) in [4.78, 5) is 4.84. The molecule has 0 saturated heterocycles. The molecule has 0 heterocycles. The van der Waals surface area contributed by atoms with Gasteiger partial charge in [0.15, 0.2) is 0 Å². The Hall–Kier alpha value is -1.06. The summed E-state index contributed by atoms with van der Waals surface area (Å²) in [6.07, 6.45) is 1.18. The molecule has 1 rings (SSSR count). The largest absolute Gasteiger partial charge is 0.508 e. The molecule has 0 spiro atoms. The summed E-state index contributed by atoms with van der Waals surface area (Å²) in [6, 6.07) is 7.62. The van der Waals surface area contributed by atoms with E-state index < -0.39 is 0 Å². The summed E-state index contributed by atoms with van der Waals surface area (Å²) in [5.41, 5.74) is 1.02. The minimum Gasteiger partial charge on any atom is -0.508 e. The van der Waals surface area contributed by atoms with E-state index in [9.17, 15) is 5.11 Å². The molecule has 0 aromatic heterocycles. The topological polar surface area (TPSA) is 26.7 Å². The Morgan fingerprint density at radius 2 is 1.47 bits per heavy atom. The Morgan fingerprint density at radius 3 is 2.05 bits per heavy atom. The molecule has 0 saturated carbocycles. The lowest BCUT2D eigenvalue weighted by Gasteiger charge is -2.23. The van der Waals surface area contributed by atoms with E-state index in [0.29, 0.717) is 5.75 Å². The minimum atomic E-state index is 0.407. The van der Waals surface area contributed by atoms with Crippen LogP contribution in [0.15, 0.2) is 24.3 Å². The third kappa shape index (κ3) is 5.62. The molecule has 3 heteroatoms. The van der Waals surface area contributed by atoms with Gasteiger partial charge in [0.25, 0.3) is 0 Å². The Balaban J connectivity index is 2.40. The predicted octanol–water partition coefficient (Wildman–Crippen LogP) is 2.95. The van der Waals surface area contributed by atoms with Gasteiger partial charge in [-0.15, -0.1) is 0 Å². The molecule has 1 aromatic rings. The van der Waals surface area contributed by atoms with Crippen molar-refractivity contribution in [3.8, 4) is 5.75 Å². The number of nitrogens with zero attached hydrogens (tertiary/aromatic N) is 2. The molecule has 0 radical (unpaired) electrons. The Morgan fingerprint density at radius 1 is 0.895 bits per heavy atom. The van der Waals surface area contributed by atoms with Gasteiger partial charge in [-0.1, -0.05) is 39.0 Å². The van der Waals surface area contributed by atoms with Gasteiger partial charge < -0.3 is 10.0 Å². The summed E-state index contributed by atoms with van der Waals surface area (Å²) in [5.74, 6) is 0.407. The molecule has 0 fully saturated rings. The average Bonchev–Trinajstić information content (AvgIpc) is 2.44. The summed E-state index contributed by atoms with van der Waals surface area (Å²) in [7, 11) is 0. The molecule has 1 aromatic carbocycles. The molecule has 3 nitrogen and oxygen atoms in total. The van der Waals surface area contributed by atoms with Crippen LogP contribution in [0.2, 0.25) is 0 Å². The third-order valence-electron chi connectivity index (χ3n) is 3.68. The van der Waals surface area contributed by atoms with Crippen LogP contribution < -0.4 is 0 Å². The summed E-state index contributed by atoms with van der Waals surface area (Å²) >= 11 is 0. The van der Waals surface area contributed by atoms with E-state index in [1.165, 1.54) is 6.42 Å². The lowest BCUT2D eigenvalue weighted by Crippen LogP contribution is -2.29. The highest BCUT2D eigenvalue weighted by Gasteiger charge is 2.07. The van der Waals surface area contributed by atoms with Crippen LogP contribution in [0.1, 0.15) is 32.8 Å². The van der Waals surface area contributed by atoms with Crippen molar-refractivity contribution < 1.29 is 5.11 Å². The van der Waals surface area contributed by atoms with Crippen molar-refractivity contribution in [2.45, 2.75) is 33.7 Å². The molecule has 0 atom stereocenters. The van der Waals surface area contributed by atoms with E-state index in [2.05, 4.69) is 30.6 Å². The second kappa shape index (κ2) is 8.94. The van der Waals surface area contributed by atoms with Crippen molar-refractivity contribution in [1.82, 2.24) is 9.80 Å². The summed E-state index contributed by atoms with van der Waals surface area (Å²) < 4.78 is 0. The van der Waals surface area contributed by atoms with E-state index >= 15 is 0 Å². The van der Waals surface area contributed by atoms with Crippen LogP contribution >= 0.6 is 0 Å². The van der Waals surface area contributed by atoms with Crippen LogP contribution in [0.25, 0.3) is 0 Å². The first-order valence-electron chi connectivity index (χ1n) is 7.42. The zero-order valence-corrected chi connectivity index (χ0v) is 12.6. The molecular weight excluding hydrogens is 236 g/mol. The van der Waals surface area contributed by atoms with Crippen molar-refractivity contribution in [1.29, 1.82) is 0 Å². The Kier molecular flexibility index (Phi) is 7.53. The number of phenols is 1. The van der Waals surface area contributed by atoms with Gasteiger partial charge in [-0.2, -0.15) is 0 Å². The van der Waals surface area contributed by atoms with Crippen molar-refractivity contribution in [2.24, 2.45) is 0 Å². The smallest absolute Gasteiger partial charge is 0.120 e. The standard InChI is InChI=1S/C16H28N2O/c1-4-17(5-2)12-9-13-18(6-3)14-15-10-7-8-11-16(15)19/h7-8,10-11,19H,4-6,9,12-14H2,1-3H3. The van der Waals surface area contributed by atoms with Crippen molar-refractivity contribution in [3.63, 3.8) is 0 Å². The molecule has 0 bridgehead atoms. The van der Waals surface area contributed by atoms with Gasteiger partial charge in [-0.05, 0) is 45.2 Å². The summed E-state index contributed by atoms with van der Waals surface area (Å²) in [6.45, 7) is 13.0. The molecule has 0 aliphatic heterocycles. The highest BCUT2D eigenvalue weighted by Crippen LogP contribution is 2.17. The van der Waals surface area contributed by atoms with Crippen LogP contribution in [0.3, 0.4) is 0 Å². The van der Waals surface area contributed by atoms with E-state index in [1.807, 2.05) is 18.2 Å². The molecular formula is C16H28N2O. The molecule has 0 aliphatic rings. The second-order valence-corrected chi connectivity index (χ2v) is 4.88. The van der Waals surface area contributed by atoms with Gasteiger partial charge >= 0.3 is 0 Å². The normalized spacial score (nSPS) is 11.4. The molecule has 1 N–H and O–H groups in total. The lowest BCUT2D eigenvalue weighted by atomic mass is 10.2. The van der Waals surface area contributed by atoms with Gasteiger partial charge in [0.05, 0.1) is 0 Å². The van der Waals surface area contributed by atoms with Crippen molar-refractivity contribution in [3.05, 3.63) is 29.8 Å². The maximum absolute atomic E-state index is 9.81. The first kappa shape index (κ1) is 16.0. The van der Waals surface area contributed by atoms with E-state index in [0.717, 1.165) is 44.8 Å². The number of aromatic hydroxyl groups is 1. The fraction of sp³-hybridized carbons (Fsp3) is 0.625. The van der Waals surface area contributed by atoms with Crippen molar-refractivity contribution in [2.75, 3.05) is 32.7 Å². The fourth-order valence-electron chi connectivity index (χ4n) is 2.29. The minimum absolute atomic E-state index is 0.407. The maximum Gasteiger partial charge on any atom is 0.120 e. The van der Waals surface area contributed by atoms with Crippen LogP contribution in [0.5, 0.6) is 5.75 Å². The van der Waals surface area contributed by atoms with Gasteiger partial charge in [0, 0.05) is 12.1 Å². The molecule has 19 heavy (non-hydrogen) atoms. The highest BCUT2D eigenvalue weighted by atomic mass is 16.3. The van der Waals surface area contributed by atoms with Crippen LogP contribution in [0, 0.1) is 0 Å². The first-order valence-corrected chi connectivity index (χ1v) is 7.42. The Labute approximate surface area is 117 Å². The highest BCUT2D eigenvalue weighted by molar-refractivity contribution is 5.31. The first-order chi connectivity index (χ1) is 9.21. The molecule has 0 aliphatic carbocycles. The zero-order valence-electron chi connectivity index (χ0n) is 12.6. The van der Waals surface area contributed by atoms with Crippen LogP contribution in [-0.2, 0) is 6.54 Å². The number of phenolic OH excluding ortho intramolecular Hbond substituents is 1. The monoisotopic (exact) mass is 264 g/mol. The number of hydrogen-bond acceptors (Lipinski definition) is 3. The zero-order chi connectivity index (χ0) is 14.1. The number of benzene rings is 1. The quantitative estimate of drug-likeness (QED) is 0.743. The lowest BCUT2D eigenvalue weighted by molar-refractivity contribution is 0.236. The summed E-state index contributed by atoms with van der Waals surface area (Å²) in [5, 5.41) is 9.81. The fourth-order valence-corrected chi connectivity index (χ4v) is 2.29. The van der Waals surface area contributed by atoms with Gasteiger partial charge in [-0.25, -0.2) is 0 Å². The molecule has 0 unspecified atom stereocenters. The number of hydrogen-bond donors (Lipinski definition) is 1. The van der Waals surface area contributed by atoms with E-state index in [1.54, 1.807) is 6.07 Å². The Bertz CT molecular complexity index is 350. The molecule has 0 amide bonds. The van der Waals surface area contributed by atoms with Gasteiger partial charge in [0.1, 0.15) is 5.75 Å². The van der Waals surface area contributed by atoms with Gasteiger partial charge in [-0.3, -0.25) is 4.90 Å². The van der Waals surface area contributed by atoms with Crippen LogP contribution in [0.4, 0.5) is 0 Å². The van der Waals surface area contributed by atoms with Crippen LogP contribution in [-0.4, -0.2) is 47.6 Å². The number of para-hydroxylation sites is 1. The van der Waals surface area contributed by atoms with Crippen molar-refractivity contribution >= 4 is 0 Å². The van der Waals surface area contributed by atoms with E-state index in [-0.39, 0.29) is 0 Å². The number of rotatable bonds is 9. The second-order valence-electron chi connectivity index (χ2n) is 4.88. The maximum atomic E-state index is 9.81. The van der Waals surface area contributed by atoms with E-state index in [4.69, 9.17) is 0 Å².